The van der Waals surface area contributed by atoms with Gasteiger partial charge in [-0.25, -0.2) is 9.07 Å². The summed E-state index contributed by atoms with van der Waals surface area (Å²) in [7, 11) is 0. The fraction of sp³-hybridized carbons (Fsp3) is 0.0417. The Hall–Kier alpha value is -4.06. The topological polar surface area (TPSA) is 55.6 Å². The highest BCUT2D eigenvalue weighted by molar-refractivity contribution is 5.91. The first kappa shape index (κ1) is 18.0. The van der Waals surface area contributed by atoms with Gasteiger partial charge in [0, 0.05) is 59.6 Å². The number of halogens is 1. The number of hydrogen-bond acceptors (Lipinski definition) is 4. The first-order valence-corrected chi connectivity index (χ1v) is 9.60. The van der Waals surface area contributed by atoms with E-state index in [0.29, 0.717) is 12.1 Å². The number of rotatable bonds is 5. The van der Waals surface area contributed by atoms with Gasteiger partial charge in [-0.05, 0) is 42.5 Å². The Labute approximate surface area is 172 Å². The maximum Gasteiger partial charge on any atom is 0.125 e. The molecule has 3 aromatic heterocycles. The zero-order valence-corrected chi connectivity index (χ0v) is 16.0. The molecule has 1 N–H and O–H groups in total. The van der Waals surface area contributed by atoms with Gasteiger partial charge in [0.25, 0.3) is 0 Å². The van der Waals surface area contributed by atoms with Crippen molar-refractivity contribution in [2.24, 2.45) is 0 Å². The van der Waals surface area contributed by atoms with Crippen LogP contribution in [0.1, 0.15) is 5.56 Å². The van der Waals surface area contributed by atoms with Crippen molar-refractivity contribution in [3.63, 3.8) is 0 Å². The molecule has 146 valence electrons. The second-order valence-electron chi connectivity index (χ2n) is 6.89. The Morgan fingerprint density at radius 1 is 0.900 bits per heavy atom. The Bertz CT molecular complexity index is 1300. The molecule has 5 rings (SSSR count). The lowest BCUT2D eigenvalue weighted by molar-refractivity contribution is 0.629. The highest BCUT2D eigenvalue weighted by Gasteiger charge is 2.13. The van der Waals surface area contributed by atoms with E-state index in [0.717, 1.165) is 33.6 Å². The molecule has 0 aliphatic heterocycles. The van der Waals surface area contributed by atoms with Gasteiger partial charge < -0.3 is 5.32 Å². The van der Waals surface area contributed by atoms with Gasteiger partial charge in [0.2, 0.25) is 0 Å². The number of benzene rings is 2. The van der Waals surface area contributed by atoms with Crippen molar-refractivity contribution >= 4 is 16.6 Å². The summed E-state index contributed by atoms with van der Waals surface area (Å²) < 4.78 is 15.4. The van der Waals surface area contributed by atoms with Gasteiger partial charge in [-0.3, -0.25) is 9.97 Å². The second kappa shape index (κ2) is 7.75. The summed E-state index contributed by atoms with van der Waals surface area (Å²) in [6.45, 7) is 0.557. The van der Waals surface area contributed by atoms with Gasteiger partial charge in [-0.1, -0.05) is 18.2 Å². The van der Waals surface area contributed by atoms with Crippen LogP contribution in [0.2, 0.25) is 0 Å². The van der Waals surface area contributed by atoms with Crippen molar-refractivity contribution < 1.29 is 4.39 Å². The summed E-state index contributed by atoms with van der Waals surface area (Å²) in [5, 5.41) is 9.17. The largest absolute Gasteiger partial charge is 0.380 e. The second-order valence-corrected chi connectivity index (χ2v) is 6.89. The number of nitrogens with zero attached hydrogens (tertiary/aromatic N) is 4. The quantitative estimate of drug-likeness (QED) is 0.443. The van der Waals surface area contributed by atoms with Crippen molar-refractivity contribution in [3.8, 4) is 16.9 Å². The molecule has 0 aliphatic carbocycles. The van der Waals surface area contributed by atoms with Crippen molar-refractivity contribution in [2.45, 2.75) is 6.54 Å². The fourth-order valence-corrected chi connectivity index (χ4v) is 3.47. The Morgan fingerprint density at radius 3 is 2.57 bits per heavy atom. The van der Waals surface area contributed by atoms with Crippen LogP contribution in [0.15, 0.2) is 91.5 Å². The average Bonchev–Trinajstić information content (AvgIpc) is 3.23. The smallest absolute Gasteiger partial charge is 0.125 e. The summed E-state index contributed by atoms with van der Waals surface area (Å²) in [4.78, 5) is 8.38. The number of nitrogens with one attached hydrogen (secondary N) is 1. The third-order valence-electron chi connectivity index (χ3n) is 4.94. The molecule has 5 aromatic rings. The van der Waals surface area contributed by atoms with Crippen molar-refractivity contribution in [3.05, 3.63) is 103 Å². The summed E-state index contributed by atoms with van der Waals surface area (Å²) in [6, 6.07) is 20.4. The zero-order chi connectivity index (χ0) is 20.3. The molecule has 5 nitrogen and oxygen atoms in total. The molecule has 0 fully saturated rings. The minimum absolute atomic E-state index is 0.295. The van der Waals surface area contributed by atoms with E-state index < -0.39 is 0 Å². The average molecular weight is 395 g/mol. The molecule has 0 saturated heterocycles. The number of anilines is 1. The molecule has 6 heteroatoms. The first-order valence-electron chi connectivity index (χ1n) is 9.60. The minimum Gasteiger partial charge on any atom is -0.380 e. The van der Waals surface area contributed by atoms with Crippen LogP contribution in [-0.4, -0.2) is 19.7 Å². The molecular weight excluding hydrogens is 377 g/mol. The summed E-state index contributed by atoms with van der Waals surface area (Å²) >= 11 is 0. The predicted molar refractivity (Wildman–Crippen MR) is 116 cm³/mol. The van der Waals surface area contributed by atoms with Crippen LogP contribution in [0, 0.1) is 5.82 Å². The van der Waals surface area contributed by atoms with E-state index in [1.165, 1.54) is 12.1 Å². The molecule has 0 unspecified atom stereocenters. The molecule has 30 heavy (non-hydrogen) atoms. The van der Waals surface area contributed by atoms with Gasteiger partial charge >= 0.3 is 0 Å². The maximum atomic E-state index is 13.5. The molecule has 0 spiro atoms. The summed E-state index contributed by atoms with van der Waals surface area (Å²) in [5.41, 5.74) is 5.43. The van der Waals surface area contributed by atoms with E-state index in [1.807, 2.05) is 59.4 Å². The summed E-state index contributed by atoms with van der Waals surface area (Å²) in [5.74, 6) is -0.295. The Morgan fingerprint density at radius 2 is 1.73 bits per heavy atom. The molecule has 0 amide bonds. The maximum absolute atomic E-state index is 13.5. The molecular formula is C24H18FN5. The van der Waals surface area contributed by atoms with Crippen LogP contribution >= 0.6 is 0 Å². The molecule has 2 aromatic carbocycles. The fourth-order valence-electron chi connectivity index (χ4n) is 3.47. The van der Waals surface area contributed by atoms with Gasteiger partial charge in [-0.15, -0.1) is 0 Å². The number of aromatic nitrogens is 4. The highest BCUT2D eigenvalue weighted by atomic mass is 19.1. The monoisotopic (exact) mass is 395 g/mol. The first-order chi connectivity index (χ1) is 14.8. The Kier molecular flexibility index (Phi) is 4.65. The lowest BCUT2D eigenvalue weighted by Crippen LogP contribution is -2.01. The van der Waals surface area contributed by atoms with E-state index in [2.05, 4.69) is 15.3 Å². The number of para-hydroxylation sites is 1. The molecule has 0 bridgehead atoms. The van der Waals surface area contributed by atoms with Crippen LogP contribution < -0.4 is 5.32 Å². The summed E-state index contributed by atoms with van der Waals surface area (Å²) in [6.07, 6.45) is 7.24. The Balaban J connectivity index is 1.52. The van der Waals surface area contributed by atoms with Crippen LogP contribution in [-0.2, 0) is 6.54 Å². The molecule has 0 saturated carbocycles. The van der Waals surface area contributed by atoms with Crippen molar-refractivity contribution in [1.29, 1.82) is 0 Å². The van der Waals surface area contributed by atoms with Crippen LogP contribution in [0.5, 0.6) is 0 Å². The van der Waals surface area contributed by atoms with E-state index in [1.54, 1.807) is 24.7 Å². The zero-order valence-electron chi connectivity index (χ0n) is 16.0. The molecule has 0 aliphatic rings. The molecule has 0 radical (unpaired) electrons. The third-order valence-corrected chi connectivity index (χ3v) is 4.94. The van der Waals surface area contributed by atoms with E-state index >= 15 is 0 Å². The highest BCUT2D eigenvalue weighted by Crippen LogP contribution is 2.26. The lowest BCUT2D eigenvalue weighted by Gasteiger charge is -2.09. The van der Waals surface area contributed by atoms with Gasteiger partial charge in [0.05, 0.1) is 16.9 Å². The SMILES string of the molecule is Fc1ccc2c(NCc3cn(-c4ccccc4)nc3-c3ccncc3)ccnc2c1. The van der Waals surface area contributed by atoms with Crippen molar-refractivity contribution in [1.82, 2.24) is 19.7 Å². The number of hydrogen-bond donors (Lipinski definition) is 1. The van der Waals surface area contributed by atoms with Gasteiger partial charge in [0.1, 0.15) is 5.82 Å². The number of fused-ring (bicyclic) bond motifs is 1. The normalized spacial score (nSPS) is 11.0. The third kappa shape index (κ3) is 3.51. The van der Waals surface area contributed by atoms with E-state index in [-0.39, 0.29) is 5.82 Å². The molecule has 3 heterocycles. The minimum atomic E-state index is -0.295. The van der Waals surface area contributed by atoms with E-state index in [4.69, 9.17) is 5.10 Å². The lowest BCUT2D eigenvalue weighted by atomic mass is 10.1. The molecule has 0 atom stereocenters. The number of pyridine rings is 2. The van der Waals surface area contributed by atoms with Crippen LogP contribution in [0.4, 0.5) is 10.1 Å². The van der Waals surface area contributed by atoms with Crippen molar-refractivity contribution in [2.75, 3.05) is 5.32 Å². The van der Waals surface area contributed by atoms with Crippen LogP contribution in [0.3, 0.4) is 0 Å². The standard InChI is InChI=1S/C24H18FN5/c25-19-6-7-21-22(10-13-27-23(21)14-19)28-15-18-16-30(20-4-2-1-3-5-20)29-24(18)17-8-11-26-12-9-17/h1-14,16H,15H2,(H,27,28). The van der Waals surface area contributed by atoms with Gasteiger partial charge in [-0.2, -0.15) is 5.10 Å². The predicted octanol–water partition coefficient (Wildman–Crippen LogP) is 5.23. The van der Waals surface area contributed by atoms with E-state index in [9.17, 15) is 4.39 Å². The van der Waals surface area contributed by atoms with Crippen LogP contribution in [0.25, 0.3) is 27.8 Å². The van der Waals surface area contributed by atoms with Gasteiger partial charge in [0.15, 0.2) is 0 Å².